The minimum atomic E-state index is 0.118. The summed E-state index contributed by atoms with van der Waals surface area (Å²) in [5.74, 6) is 0. The van der Waals surface area contributed by atoms with Crippen LogP contribution in [0, 0.1) is 0 Å². The number of halogens is 1. The Morgan fingerprint density at radius 3 is 2.47 bits per heavy atom. The molecule has 0 bridgehead atoms. The third kappa shape index (κ3) is 2.38. The summed E-state index contributed by atoms with van der Waals surface area (Å²) in [5.41, 5.74) is 0. The van der Waals surface area contributed by atoms with E-state index in [0.29, 0.717) is 12.0 Å². The second kappa shape index (κ2) is 4.86. The van der Waals surface area contributed by atoms with Gasteiger partial charge in [0.15, 0.2) is 0 Å². The molecular formula is C9H17ClN3OP. The van der Waals surface area contributed by atoms with Gasteiger partial charge in [-0.15, -0.1) is 11.6 Å². The second-order valence-electron chi connectivity index (χ2n) is 4.13. The van der Waals surface area contributed by atoms with E-state index in [1.165, 1.54) is 0 Å². The van der Waals surface area contributed by atoms with Crippen LogP contribution in [0.5, 0.6) is 0 Å². The zero-order valence-corrected chi connectivity index (χ0v) is 10.6. The number of hydrogen-bond donors (Lipinski definition) is 0. The summed E-state index contributed by atoms with van der Waals surface area (Å²) >= 11 is 5.70. The van der Waals surface area contributed by atoms with Crippen LogP contribution in [0.15, 0.2) is 0 Å². The van der Waals surface area contributed by atoms with Crippen LogP contribution in [0.3, 0.4) is 0 Å². The van der Waals surface area contributed by atoms with Gasteiger partial charge in [-0.1, -0.05) is 9.39 Å². The van der Waals surface area contributed by atoms with Crippen LogP contribution >= 0.6 is 21.0 Å². The van der Waals surface area contributed by atoms with Crippen molar-refractivity contribution < 1.29 is 4.79 Å². The average Bonchev–Trinajstić information content (AvgIpc) is 2.61. The Bertz CT molecular complexity index is 246. The van der Waals surface area contributed by atoms with Crippen molar-refractivity contribution in [1.29, 1.82) is 0 Å². The van der Waals surface area contributed by atoms with Gasteiger partial charge in [0.2, 0.25) is 0 Å². The molecule has 2 heterocycles. The van der Waals surface area contributed by atoms with Crippen LogP contribution in [0.25, 0.3) is 0 Å². The Labute approximate surface area is 97.8 Å². The molecule has 0 aromatic carbocycles. The van der Waals surface area contributed by atoms with Crippen molar-refractivity contribution in [1.82, 2.24) is 14.5 Å². The molecule has 86 valence electrons. The van der Waals surface area contributed by atoms with Crippen molar-refractivity contribution >= 4 is 27.0 Å². The molecule has 0 N–H and O–H groups in total. The van der Waals surface area contributed by atoms with Crippen LogP contribution in [0.4, 0.5) is 4.79 Å². The maximum absolute atomic E-state index is 11.9. The Morgan fingerprint density at radius 1 is 1.27 bits per heavy atom. The summed E-state index contributed by atoms with van der Waals surface area (Å²) < 4.78 is 2.23. The number of amides is 2. The molecule has 0 aromatic rings. The summed E-state index contributed by atoms with van der Waals surface area (Å²) in [6.45, 7) is 3.73. The predicted octanol–water partition coefficient (Wildman–Crippen LogP) is 1.17. The smallest absolute Gasteiger partial charge is 0.320 e. The van der Waals surface area contributed by atoms with Crippen molar-refractivity contribution in [2.75, 3.05) is 32.2 Å². The van der Waals surface area contributed by atoms with E-state index in [1.807, 2.05) is 4.90 Å². The molecule has 0 aliphatic carbocycles. The van der Waals surface area contributed by atoms with Crippen molar-refractivity contribution in [3.63, 3.8) is 0 Å². The van der Waals surface area contributed by atoms with Gasteiger partial charge in [0.1, 0.15) is 0 Å². The van der Waals surface area contributed by atoms with Gasteiger partial charge in [-0.25, -0.2) is 4.79 Å². The van der Waals surface area contributed by atoms with Gasteiger partial charge in [0, 0.05) is 32.2 Å². The minimum absolute atomic E-state index is 0.118. The van der Waals surface area contributed by atoms with E-state index < -0.39 is 0 Å². The van der Waals surface area contributed by atoms with Crippen LogP contribution in [-0.4, -0.2) is 58.7 Å². The van der Waals surface area contributed by atoms with E-state index in [9.17, 15) is 4.79 Å². The normalized spacial score (nSPS) is 25.3. The molecule has 0 spiro atoms. The lowest BCUT2D eigenvalue weighted by molar-refractivity contribution is 0.159. The Morgan fingerprint density at radius 2 is 1.93 bits per heavy atom. The number of carbonyl (C=O) groups excluding carboxylic acids is 1. The fraction of sp³-hybridized carbons (Fsp3) is 0.889. The lowest BCUT2D eigenvalue weighted by atomic mass is 10.1. The van der Waals surface area contributed by atoms with Crippen LogP contribution in [0.2, 0.25) is 0 Å². The van der Waals surface area contributed by atoms with E-state index in [-0.39, 0.29) is 6.03 Å². The zero-order valence-electron chi connectivity index (χ0n) is 8.73. The highest BCUT2D eigenvalue weighted by molar-refractivity contribution is 7.13. The SMILES string of the molecule is O=C1N(CCl)CCN1C1CCN(P)CC1. The van der Waals surface area contributed by atoms with Crippen molar-refractivity contribution in [3.8, 4) is 0 Å². The van der Waals surface area contributed by atoms with E-state index in [4.69, 9.17) is 11.6 Å². The number of piperidine rings is 1. The molecule has 2 rings (SSSR count). The summed E-state index contributed by atoms with van der Waals surface area (Å²) in [5, 5.41) is 0. The molecule has 6 heteroatoms. The molecule has 1 atom stereocenters. The van der Waals surface area contributed by atoms with E-state index in [2.05, 4.69) is 14.1 Å². The Hall–Kier alpha value is -0.0500. The number of urea groups is 1. The second-order valence-corrected chi connectivity index (χ2v) is 5.10. The number of carbonyl (C=O) groups is 1. The average molecular weight is 250 g/mol. The van der Waals surface area contributed by atoms with E-state index in [0.717, 1.165) is 39.0 Å². The molecule has 4 nitrogen and oxygen atoms in total. The standard InChI is InChI=1S/C9H17ClN3OP/c10-7-11-5-6-13(9(11)14)8-1-3-12(15)4-2-8/h8H,1-7,15H2. The van der Waals surface area contributed by atoms with Gasteiger partial charge >= 0.3 is 6.03 Å². The molecule has 0 radical (unpaired) electrons. The predicted molar refractivity (Wildman–Crippen MR) is 63.8 cm³/mol. The van der Waals surface area contributed by atoms with Gasteiger partial charge in [0.25, 0.3) is 0 Å². The molecule has 1 unspecified atom stereocenters. The highest BCUT2D eigenvalue weighted by Gasteiger charge is 2.34. The summed E-state index contributed by atoms with van der Waals surface area (Å²) in [4.78, 5) is 15.6. The van der Waals surface area contributed by atoms with E-state index in [1.54, 1.807) is 4.90 Å². The fourth-order valence-electron chi connectivity index (χ4n) is 2.25. The van der Waals surface area contributed by atoms with Crippen LogP contribution in [-0.2, 0) is 0 Å². The summed E-state index contributed by atoms with van der Waals surface area (Å²) in [6.07, 6.45) is 2.15. The minimum Gasteiger partial charge on any atom is -0.320 e. The highest BCUT2D eigenvalue weighted by Crippen LogP contribution is 2.22. The number of alkyl halides is 1. The molecule has 2 aliphatic heterocycles. The monoisotopic (exact) mass is 249 g/mol. The Kier molecular flexibility index (Phi) is 3.70. The van der Waals surface area contributed by atoms with Crippen LogP contribution < -0.4 is 0 Å². The maximum Gasteiger partial charge on any atom is 0.321 e. The first-order valence-corrected chi connectivity index (χ1v) is 6.38. The maximum atomic E-state index is 11.9. The summed E-state index contributed by atoms with van der Waals surface area (Å²) in [7, 11) is 2.72. The molecular weight excluding hydrogens is 233 g/mol. The third-order valence-electron chi connectivity index (χ3n) is 3.21. The molecule has 2 amide bonds. The number of nitrogens with zero attached hydrogens (tertiary/aromatic N) is 3. The molecule has 2 fully saturated rings. The van der Waals surface area contributed by atoms with Gasteiger partial charge < -0.3 is 9.80 Å². The van der Waals surface area contributed by atoms with Crippen molar-refractivity contribution in [2.24, 2.45) is 0 Å². The van der Waals surface area contributed by atoms with Gasteiger partial charge in [-0.2, -0.15) is 0 Å². The first-order chi connectivity index (χ1) is 7.22. The lowest BCUT2D eigenvalue weighted by Gasteiger charge is -2.34. The third-order valence-corrected chi connectivity index (χ3v) is 4.02. The topological polar surface area (TPSA) is 26.8 Å². The van der Waals surface area contributed by atoms with E-state index >= 15 is 0 Å². The van der Waals surface area contributed by atoms with Crippen molar-refractivity contribution in [2.45, 2.75) is 18.9 Å². The van der Waals surface area contributed by atoms with Crippen LogP contribution in [0.1, 0.15) is 12.8 Å². The molecule has 15 heavy (non-hydrogen) atoms. The Balaban J connectivity index is 1.92. The molecule has 0 saturated carbocycles. The van der Waals surface area contributed by atoms with Gasteiger partial charge in [-0.3, -0.25) is 4.67 Å². The fourth-order valence-corrected chi connectivity index (χ4v) is 2.77. The highest BCUT2D eigenvalue weighted by atomic mass is 35.5. The molecule has 2 saturated heterocycles. The number of hydrogen-bond acceptors (Lipinski definition) is 2. The first kappa shape index (κ1) is 11.4. The van der Waals surface area contributed by atoms with Crippen molar-refractivity contribution in [3.05, 3.63) is 0 Å². The zero-order chi connectivity index (χ0) is 10.8. The lowest BCUT2D eigenvalue weighted by Crippen LogP contribution is -2.44. The largest absolute Gasteiger partial charge is 0.321 e. The summed E-state index contributed by atoms with van der Waals surface area (Å²) in [6, 6.07) is 0.854. The first-order valence-electron chi connectivity index (χ1n) is 5.33. The van der Waals surface area contributed by atoms with Gasteiger partial charge in [-0.05, 0) is 12.8 Å². The molecule has 2 aliphatic rings. The number of rotatable bonds is 2. The molecule has 0 aromatic heterocycles. The van der Waals surface area contributed by atoms with Gasteiger partial charge in [0.05, 0.1) is 6.00 Å². The quantitative estimate of drug-likeness (QED) is 0.417.